The van der Waals surface area contributed by atoms with Crippen molar-refractivity contribution in [1.29, 1.82) is 0 Å². The molecule has 0 saturated carbocycles. The maximum Gasteiger partial charge on any atom is 0.119 e. The zero-order valence-electron chi connectivity index (χ0n) is 12.6. The van der Waals surface area contributed by atoms with E-state index in [0.717, 1.165) is 30.6 Å². The zero-order chi connectivity index (χ0) is 14.3. The Kier molecular flexibility index (Phi) is 6.32. The molecule has 0 saturated heterocycles. The van der Waals surface area contributed by atoms with Gasteiger partial charge in [0.1, 0.15) is 5.75 Å². The van der Waals surface area contributed by atoms with Crippen LogP contribution in [0.4, 0.5) is 0 Å². The average molecular weight is 265 g/mol. The number of aliphatic hydroxyl groups excluding tert-OH is 1. The van der Waals surface area contributed by atoms with Crippen LogP contribution < -0.4 is 10.1 Å². The van der Waals surface area contributed by atoms with Gasteiger partial charge in [-0.05, 0) is 37.0 Å². The first-order chi connectivity index (χ1) is 9.10. The third kappa shape index (κ3) is 4.22. The van der Waals surface area contributed by atoms with Crippen molar-refractivity contribution in [2.75, 3.05) is 13.7 Å². The second-order valence-electron chi connectivity index (χ2n) is 5.01. The molecule has 2 N–H and O–H groups in total. The fraction of sp³-hybridized carbons (Fsp3) is 0.625. The summed E-state index contributed by atoms with van der Waals surface area (Å²) in [6.07, 6.45) is 2.72. The highest BCUT2D eigenvalue weighted by Crippen LogP contribution is 2.22. The second-order valence-corrected chi connectivity index (χ2v) is 5.01. The molecule has 1 unspecified atom stereocenters. The summed E-state index contributed by atoms with van der Waals surface area (Å²) < 4.78 is 5.18. The molecule has 0 fully saturated rings. The Morgan fingerprint density at radius 2 is 1.84 bits per heavy atom. The van der Waals surface area contributed by atoms with Gasteiger partial charge in [-0.2, -0.15) is 0 Å². The van der Waals surface area contributed by atoms with Crippen molar-refractivity contribution in [3.05, 3.63) is 29.8 Å². The van der Waals surface area contributed by atoms with Gasteiger partial charge in [-0.15, -0.1) is 0 Å². The first-order valence-electron chi connectivity index (χ1n) is 7.17. The minimum absolute atomic E-state index is 0.139. The van der Waals surface area contributed by atoms with Crippen molar-refractivity contribution in [2.45, 2.75) is 51.7 Å². The summed E-state index contributed by atoms with van der Waals surface area (Å²) in [5, 5.41) is 13.8. The quantitative estimate of drug-likeness (QED) is 0.758. The standard InChI is InChI=1S/C16H27NO2/c1-5-16(6-2,7-3)17-12-15(18)13-9-8-10-14(11-13)19-4/h8-11,15,17-18H,5-7,12H2,1-4H3. The van der Waals surface area contributed by atoms with Gasteiger partial charge >= 0.3 is 0 Å². The third-order valence-electron chi connectivity index (χ3n) is 4.18. The first-order valence-corrected chi connectivity index (χ1v) is 7.17. The lowest BCUT2D eigenvalue weighted by molar-refractivity contribution is 0.150. The summed E-state index contributed by atoms with van der Waals surface area (Å²) in [4.78, 5) is 0. The van der Waals surface area contributed by atoms with Crippen LogP contribution in [-0.2, 0) is 0 Å². The molecule has 3 nitrogen and oxygen atoms in total. The molecule has 3 heteroatoms. The molecule has 0 heterocycles. The van der Waals surface area contributed by atoms with Crippen molar-refractivity contribution >= 4 is 0 Å². The monoisotopic (exact) mass is 265 g/mol. The molecule has 1 aromatic rings. The molecule has 1 rings (SSSR count). The van der Waals surface area contributed by atoms with E-state index in [1.165, 1.54) is 0 Å². The number of rotatable bonds is 8. The van der Waals surface area contributed by atoms with Crippen LogP contribution in [0.15, 0.2) is 24.3 Å². The maximum absolute atomic E-state index is 10.3. The molecule has 0 amide bonds. The number of hydrogen-bond donors (Lipinski definition) is 2. The highest BCUT2D eigenvalue weighted by molar-refractivity contribution is 5.29. The molecule has 0 aromatic heterocycles. The molecule has 0 spiro atoms. The number of aliphatic hydroxyl groups is 1. The Bertz CT molecular complexity index is 367. The lowest BCUT2D eigenvalue weighted by Crippen LogP contribution is -2.45. The van der Waals surface area contributed by atoms with Gasteiger partial charge in [0, 0.05) is 12.1 Å². The van der Waals surface area contributed by atoms with Crippen LogP contribution in [0.5, 0.6) is 5.75 Å². The predicted molar refractivity (Wildman–Crippen MR) is 79.6 cm³/mol. The zero-order valence-corrected chi connectivity index (χ0v) is 12.6. The first kappa shape index (κ1) is 16.0. The van der Waals surface area contributed by atoms with Gasteiger partial charge in [0.25, 0.3) is 0 Å². The predicted octanol–water partition coefficient (Wildman–Crippen LogP) is 3.29. The van der Waals surface area contributed by atoms with Crippen LogP contribution in [0, 0.1) is 0 Å². The van der Waals surface area contributed by atoms with E-state index in [1.807, 2.05) is 24.3 Å². The number of hydrogen-bond acceptors (Lipinski definition) is 3. The summed E-state index contributed by atoms with van der Waals surface area (Å²) in [5.74, 6) is 0.782. The van der Waals surface area contributed by atoms with Crippen molar-refractivity contribution in [1.82, 2.24) is 5.32 Å². The van der Waals surface area contributed by atoms with Gasteiger partial charge in [-0.3, -0.25) is 0 Å². The van der Waals surface area contributed by atoms with Gasteiger partial charge in [0.15, 0.2) is 0 Å². The summed E-state index contributed by atoms with van der Waals surface area (Å²) in [7, 11) is 1.64. The minimum atomic E-state index is -0.501. The fourth-order valence-corrected chi connectivity index (χ4v) is 2.40. The van der Waals surface area contributed by atoms with E-state index >= 15 is 0 Å². The SMILES string of the molecule is CCC(CC)(CC)NCC(O)c1cccc(OC)c1. The summed E-state index contributed by atoms with van der Waals surface area (Å²) in [5.41, 5.74) is 1.03. The molecular formula is C16H27NO2. The number of β-amino-alcohol motifs (C(OH)–C–C–N with tert-alkyl or cyclic N) is 1. The van der Waals surface area contributed by atoms with Gasteiger partial charge in [0.05, 0.1) is 13.2 Å². The Morgan fingerprint density at radius 1 is 1.21 bits per heavy atom. The molecule has 0 aliphatic carbocycles. The van der Waals surface area contributed by atoms with Crippen LogP contribution in [0.25, 0.3) is 0 Å². The summed E-state index contributed by atoms with van der Waals surface area (Å²) >= 11 is 0. The lowest BCUT2D eigenvalue weighted by Gasteiger charge is -2.33. The van der Waals surface area contributed by atoms with E-state index in [4.69, 9.17) is 4.74 Å². The Balaban J connectivity index is 2.66. The Morgan fingerprint density at radius 3 is 2.37 bits per heavy atom. The van der Waals surface area contributed by atoms with Gasteiger partial charge in [0.2, 0.25) is 0 Å². The topological polar surface area (TPSA) is 41.5 Å². The highest BCUT2D eigenvalue weighted by Gasteiger charge is 2.24. The number of benzene rings is 1. The molecule has 0 aliphatic heterocycles. The van der Waals surface area contributed by atoms with E-state index in [0.29, 0.717) is 6.54 Å². The Labute approximate surface area is 117 Å². The van der Waals surface area contributed by atoms with E-state index < -0.39 is 6.10 Å². The van der Waals surface area contributed by atoms with Crippen molar-refractivity contribution in [2.24, 2.45) is 0 Å². The number of ether oxygens (including phenoxy) is 1. The van der Waals surface area contributed by atoms with E-state index in [-0.39, 0.29) is 5.54 Å². The third-order valence-corrected chi connectivity index (χ3v) is 4.18. The van der Waals surface area contributed by atoms with E-state index in [1.54, 1.807) is 7.11 Å². The maximum atomic E-state index is 10.3. The van der Waals surface area contributed by atoms with Gasteiger partial charge in [-0.1, -0.05) is 32.9 Å². The summed E-state index contributed by atoms with van der Waals surface area (Å²) in [6.45, 7) is 7.15. The minimum Gasteiger partial charge on any atom is -0.497 e. The van der Waals surface area contributed by atoms with Crippen LogP contribution in [0.2, 0.25) is 0 Å². The largest absolute Gasteiger partial charge is 0.497 e. The lowest BCUT2D eigenvalue weighted by atomic mass is 9.89. The average Bonchev–Trinajstić information content (AvgIpc) is 2.49. The molecule has 0 radical (unpaired) electrons. The van der Waals surface area contributed by atoms with Crippen LogP contribution >= 0.6 is 0 Å². The van der Waals surface area contributed by atoms with Crippen LogP contribution in [0.1, 0.15) is 51.7 Å². The number of nitrogens with one attached hydrogen (secondary N) is 1. The molecule has 0 bridgehead atoms. The van der Waals surface area contributed by atoms with Gasteiger partial charge < -0.3 is 15.2 Å². The Hall–Kier alpha value is -1.06. The molecule has 1 atom stereocenters. The molecule has 0 aliphatic rings. The normalized spacial score (nSPS) is 13.3. The van der Waals surface area contributed by atoms with Crippen LogP contribution in [-0.4, -0.2) is 24.3 Å². The van der Waals surface area contributed by atoms with E-state index in [9.17, 15) is 5.11 Å². The fourth-order valence-electron chi connectivity index (χ4n) is 2.40. The van der Waals surface area contributed by atoms with Crippen molar-refractivity contribution < 1.29 is 9.84 Å². The van der Waals surface area contributed by atoms with Crippen molar-refractivity contribution in [3.63, 3.8) is 0 Å². The molecule has 108 valence electrons. The van der Waals surface area contributed by atoms with E-state index in [2.05, 4.69) is 26.1 Å². The van der Waals surface area contributed by atoms with Gasteiger partial charge in [-0.25, -0.2) is 0 Å². The molecular weight excluding hydrogens is 238 g/mol. The molecule has 19 heavy (non-hydrogen) atoms. The summed E-state index contributed by atoms with van der Waals surface area (Å²) in [6, 6.07) is 7.61. The molecule has 1 aromatic carbocycles. The highest BCUT2D eigenvalue weighted by atomic mass is 16.5. The number of methoxy groups -OCH3 is 1. The van der Waals surface area contributed by atoms with Crippen molar-refractivity contribution in [3.8, 4) is 5.75 Å². The van der Waals surface area contributed by atoms with Crippen LogP contribution in [0.3, 0.4) is 0 Å². The second kappa shape index (κ2) is 7.51. The smallest absolute Gasteiger partial charge is 0.119 e.